The van der Waals surface area contributed by atoms with Crippen LogP contribution in [0.25, 0.3) is 0 Å². The molecule has 0 radical (unpaired) electrons. The number of carbonyl (C=O) groups excluding carboxylic acids is 1. The highest BCUT2D eigenvalue weighted by Gasteiger charge is 2.19. The average Bonchev–Trinajstić information content (AvgIpc) is 2.35. The standard InChI is InChI=1S/C13H17BrN2O3/c1-4-11(8(2)3)15-13(17)9-5-6-10(14)12(7-9)16(18)19/h5-8,11H,4H2,1-3H3,(H,15,17). The maximum absolute atomic E-state index is 12.1. The molecule has 1 amide bonds. The lowest BCUT2D eigenvalue weighted by Gasteiger charge is -2.20. The van der Waals surface area contributed by atoms with Gasteiger partial charge in [-0.1, -0.05) is 20.8 Å². The Kier molecular flexibility index (Phi) is 5.47. The molecule has 1 atom stereocenters. The second-order valence-corrected chi connectivity index (χ2v) is 5.51. The van der Waals surface area contributed by atoms with E-state index in [1.54, 1.807) is 6.07 Å². The summed E-state index contributed by atoms with van der Waals surface area (Å²) in [6, 6.07) is 4.44. The lowest BCUT2D eigenvalue weighted by Crippen LogP contribution is -2.38. The molecule has 0 aromatic heterocycles. The van der Waals surface area contributed by atoms with E-state index >= 15 is 0 Å². The maximum atomic E-state index is 12.1. The normalized spacial score (nSPS) is 12.3. The first-order chi connectivity index (χ1) is 8.86. The molecule has 1 N–H and O–H groups in total. The smallest absolute Gasteiger partial charge is 0.284 e. The van der Waals surface area contributed by atoms with E-state index in [-0.39, 0.29) is 17.6 Å². The van der Waals surface area contributed by atoms with Gasteiger partial charge in [0.25, 0.3) is 11.6 Å². The molecular formula is C13H17BrN2O3. The van der Waals surface area contributed by atoms with Crippen LogP contribution in [0.3, 0.4) is 0 Å². The van der Waals surface area contributed by atoms with Gasteiger partial charge >= 0.3 is 0 Å². The number of hydrogen-bond acceptors (Lipinski definition) is 3. The molecule has 0 saturated heterocycles. The summed E-state index contributed by atoms with van der Waals surface area (Å²) in [5.74, 6) is 0.0375. The lowest BCUT2D eigenvalue weighted by molar-refractivity contribution is -0.385. The van der Waals surface area contributed by atoms with Crippen molar-refractivity contribution in [1.82, 2.24) is 5.32 Å². The molecule has 1 aromatic rings. The van der Waals surface area contributed by atoms with Crippen molar-refractivity contribution >= 4 is 27.5 Å². The van der Waals surface area contributed by atoms with Gasteiger partial charge < -0.3 is 5.32 Å². The summed E-state index contributed by atoms with van der Waals surface area (Å²) in [5, 5.41) is 13.7. The Morgan fingerprint density at radius 2 is 2.11 bits per heavy atom. The minimum absolute atomic E-state index is 0.0650. The van der Waals surface area contributed by atoms with Crippen molar-refractivity contribution in [1.29, 1.82) is 0 Å². The number of nitro groups is 1. The van der Waals surface area contributed by atoms with Crippen LogP contribution in [0.5, 0.6) is 0 Å². The van der Waals surface area contributed by atoms with Crippen LogP contribution in [0.4, 0.5) is 5.69 Å². The predicted octanol–water partition coefficient (Wildman–Crippen LogP) is 3.52. The Morgan fingerprint density at radius 3 is 2.58 bits per heavy atom. The van der Waals surface area contributed by atoms with Crippen molar-refractivity contribution < 1.29 is 9.72 Å². The molecule has 0 saturated carbocycles. The van der Waals surface area contributed by atoms with Gasteiger partial charge in [-0.05, 0) is 40.4 Å². The molecule has 0 bridgehead atoms. The molecule has 0 heterocycles. The fourth-order valence-electron chi connectivity index (χ4n) is 1.79. The van der Waals surface area contributed by atoms with E-state index < -0.39 is 4.92 Å². The van der Waals surface area contributed by atoms with E-state index in [1.165, 1.54) is 12.1 Å². The summed E-state index contributed by atoms with van der Waals surface area (Å²) in [7, 11) is 0. The second-order valence-electron chi connectivity index (χ2n) is 4.66. The van der Waals surface area contributed by atoms with Gasteiger partial charge in [0, 0.05) is 17.7 Å². The summed E-state index contributed by atoms with van der Waals surface area (Å²) in [6.07, 6.45) is 0.821. The van der Waals surface area contributed by atoms with Gasteiger partial charge in [-0.3, -0.25) is 14.9 Å². The van der Waals surface area contributed by atoms with Gasteiger partial charge in [-0.2, -0.15) is 0 Å². The SMILES string of the molecule is CCC(NC(=O)c1ccc(Br)c([N+](=O)[O-])c1)C(C)C. The first-order valence-electron chi connectivity index (χ1n) is 6.11. The number of amides is 1. The Hall–Kier alpha value is -1.43. The molecule has 1 unspecified atom stereocenters. The van der Waals surface area contributed by atoms with Crippen LogP contribution < -0.4 is 5.32 Å². The zero-order valence-electron chi connectivity index (χ0n) is 11.1. The molecule has 0 aliphatic heterocycles. The molecular weight excluding hydrogens is 312 g/mol. The molecule has 5 nitrogen and oxygen atoms in total. The first-order valence-corrected chi connectivity index (χ1v) is 6.90. The number of hydrogen-bond donors (Lipinski definition) is 1. The molecule has 1 rings (SSSR count). The minimum Gasteiger partial charge on any atom is -0.349 e. The molecule has 6 heteroatoms. The van der Waals surface area contributed by atoms with Crippen LogP contribution in [-0.4, -0.2) is 16.9 Å². The number of benzene rings is 1. The molecule has 19 heavy (non-hydrogen) atoms. The summed E-state index contributed by atoms with van der Waals surface area (Å²) >= 11 is 3.09. The van der Waals surface area contributed by atoms with Gasteiger partial charge in [0.1, 0.15) is 0 Å². The number of nitrogens with one attached hydrogen (secondary N) is 1. The third-order valence-corrected chi connectivity index (χ3v) is 3.64. The van der Waals surface area contributed by atoms with E-state index in [1.807, 2.05) is 20.8 Å². The average molecular weight is 329 g/mol. The zero-order chi connectivity index (χ0) is 14.6. The van der Waals surface area contributed by atoms with Gasteiger partial charge in [0.15, 0.2) is 0 Å². The monoisotopic (exact) mass is 328 g/mol. The molecule has 1 aromatic carbocycles. The van der Waals surface area contributed by atoms with Gasteiger partial charge in [-0.25, -0.2) is 0 Å². The van der Waals surface area contributed by atoms with Gasteiger partial charge in [-0.15, -0.1) is 0 Å². The number of halogens is 1. The second kappa shape index (κ2) is 6.65. The Bertz CT molecular complexity index is 489. The molecule has 0 spiro atoms. The van der Waals surface area contributed by atoms with Crippen molar-refractivity contribution in [2.75, 3.05) is 0 Å². The zero-order valence-corrected chi connectivity index (χ0v) is 12.7. The maximum Gasteiger partial charge on any atom is 0.284 e. The molecule has 0 aliphatic rings. The highest BCUT2D eigenvalue weighted by atomic mass is 79.9. The van der Waals surface area contributed by atoms with Crippen LogP contribution in [0, 0.1) is 16.0 Å². The van der Waals surface area contributed by atoms with E-state index in [4.69, 9.17) is 0 Å². The van der Waals surface area contributed by atoms with E-state index in [0.717, 1.165) is 6.42 Å². The van der Waals surface area contributed by atoms with E-state index in [9.17, 15) is 14.9 Å². The Labute approximate surface area is 120 Å². The Balaban J connectivity index is 2.94. The third kappa shape index (κ3) is 4.02. The molecule has 0 fully saturated rings. The molecule has 104 valence electrons. The molecule has 0 aliphatic carbocycles. The predicted molar refractivity (Wildman–Crippen MR) is 77.2 cm³/mol. The van der Waals surface area contributed by atoms with Crippen LogP contribution in [0.1, 0.15) is 37.6 Å². The number of rotatable bonds is 5. The summed E-state index contributed by atoms with van der Waals surface area (Å²) < 4.78 is 0.366. The van der Waals surface area contributed by atoms with Gasteiger partial charge in [0.2, 0.25) is 0 Å². The van der Waals surface area contributed by atoms with E-state index in [2.05, 4.69) is 21.2 Å². The van der Waals surface area contributed by atoms with Crippen molar-refractivity contribution in [3.63, 3.8) is 0 Å². The van der Waals surface area contributed by atoms with Crippen LogP contribution in [0.2, 0.25) is 0 Å². The largest absolute Gasteiger partial charge is 0.349 e. The number of carbonyl (C=O) groups is 1. The quantitative estimate of drug-likeness (QED) is 0.663. The van der Waals surface area contributed by atoms with Crippen molar-refractivity contribution in [3.8, 4) is 0 Å². The third-order valence-electron chi connectivity index (χ3n) is 2.97. The first kappa shape index (κ1) is 15.6. The van der Waals surface area contributed by atoms with Crippen molar-refractivity contribution in [3.05, 3.63) is 38.3 Å². The van der Waals surface area contributed by atoms with Crippen LogP contribution in [0.15, 0.2) is 22.7 Å². The minimum atomic E-state index is -0.513. The van der Waals surface area contributed by atoms with Gasteiger partial charge in [0.05, 0.1) is 9.40 Å². The van der Waals surface area contributed by atoms with E-state index in [0.29, 0.717) is 16.0 Å². The number of nitro benzene ring substituents is 1. The summed E-state index contributed by atoms with van der Waals surface area (Å²) in [4.78, 5) is 22.4. The lowest BCUT2D eigenvalue weighted by atomic mass is 10.0. The highest BCUT2D eigenvalue weighted by molar-refractivity contribution is 9.10. The topological polar surface area (TPSA) is 72.2 Å². The highest BCUT2D eigenvalue weighted by Crippen LogP contribution is 2.25. The van der Waals surface area contributed by atoms with Crippen molar-refractivity contribution in [2.24, 2.45) is 5.92 Å². The van der Waals surface area contributed by atoms with Crippen LogP contribution in [-0.2, 0) is 0 Å². The Morgan fingerprint density at radius 1 is 1.47 bits per heavy atom. The number of nitrogens with zero attached hydrogens (tertiary/aromatic N) is 1. The van der Waals surface area contributed by atoms with Crippen LogP contribution >= 0.6 is 15.9 Å². The summed E-state index contributed by atoms with van der Waals surface area (Å²) in [6.45, 7) is 6.05. The summed E-state index contributed by atoms with van der Waals surface area (Å²) in [5.41, 5.74) is 0.194. The fourth-order valence-corrected chi connectivity index (χ4v) is 2.18. The fraction of sp³-hybridized carbons (Fsp3) is 0.462. The van der Waals surface area contributed by atoms with Crippen molar-refractivity contribution in [2.45, 2.75) is 33.2 Å².